The number of nitrogens with one attached hydrogen (secondary N) is 1. The molecule has 0 radical (unpaired) electrons. The van der Waals surface area contributed by atoms with E-state index in [-0.39, 0.29) is 18.4 Å². The summed E-state index contributed by atoms with van der Waals surface area (Å²) >= 11 is 0. The van der Waals surface area contributed by atoms with E-state index in [4.69, 9.17) is 0 Å². The van der Waals surface area contributed by atoms with Crippen LogP contribution in [0.3, 0.4) is 0 Å². The quantitative estimate of drug-likeness (QED) is 0.736. The van der Waals surface area contributed by atoms with Crippen LogP contribution in [0.5, 0.6) is 0 Å². The minimum atomic E-state index is -0.998. The third-order valence-electron chi connectivity index (χ3n) is 5.49. The van der Waals surface area contributed by atoms with Gasteiger partial charge in [0.05, 0.1) is 0 Å². The lowest BCUT2D eigenvalue weighted by Crippen LogP contribution is -2.45. The van der Waals surface area contributed by atoms with Gasteiger partial charge in [-0.2, -0.15) is 0 Å². The maximum absolute atomic E-state index is 12.9. The van der Waals surface area contributed by atoms with Crippen LogP contribution < -0.4 is 5.32 Å². The summed E-state index contributed by atoms with van der Waals surface area (Å²) in [6, 6.07) is 17.1. The number of hydrogen-bond donors (Lipinski definition) is 1. The summed E-state index contributed by atoms with van der Waals surface area (Å²) in [5.41, 5.74) is 2.23. The van der Waals surface area contributed by atoms with Crippen LogP contribution in [0.1, 0.15) is 30.0 Å². The topological polar surface area (TPSA) is 69.7 Å². The zero-order valence-corrected chi connectivity index (χ0v) is 17.1. The van der Waals surface area contributed by atoms with Gasteiger partial charge in [0.2, 0.25) is 5.91 Å². The highest BCUT2D eigenvalue weighted by molar-refractivity contribution is 6.08. The highest BCUT2D eigenvalue weighted by Gasteiger charge is 2.48. The summed E-state index contributed by atoms with van der Waals surface area (Å²) in [7, 11) is 1.68. The molecule has 0 saturated carbocycles. The molecular weight excluding hydrogens is 366 g/mol. The molecule has 0 spiro atoms. The van der Waals surface area contributed by atoms with E-state index in [1.54, 1.807) is 18.9 Å². The molecule has 0 aliphatic carbocycles. The van der Waals surface area contributed by atoms with Crippen molar-refractivity contribution in [1.29, 1.82) is 0 Å². The van der Waals surface area contributed by atoms with E-state index in [1.165, 1.54) is 0 Å². The number of imide groups is 1. The van der Waals surface area contributed by atoms with Gasteiger partial charge in [0.15, 0.2) is 0 Å². The Labute approximate surface area is 171 Å². The smallest absolute Gasteiger partial charge is 0.325 e. The summed E-state index contributed by atoms with van der Waals surface area (Å²) in [4.78, 5) is 40.5. The Kier molecular flexibility index (Phi) is 6.01. The van der Waals surface area contributed by atoms with Gasteiger partial charge >= 0.3 is 6.03 Å². The molecule has 6 heteroatoms. The molecule has 0 aromatic heterocycles. The SMILES string of the molecule is Cc1ccccc1CN(C)C(=O)CN1C(=O)N[C@](C)(CCc2ccccc2)C1=O. The summed E-state index contributed by atoms with van der Waals surface area (Å²) < 4.78 is 0. The van der Waals surface area contributed by atoms with E-state index in [2.05, 4.69) is 5.32 Å². The van der Waals surface area contributed by atoms with Gasteiger partial charge in [0.1, 0.15) is 12.1 Å². The van der Waals surface area contributed by atoms with Gasteiger partial charge in [-0.1, -0.05) is 54.6 Å². The normalized spacial score (nSPS) is 18.7. The molecule has 4 amide bonds. The summed E-state index contributed by atoms with van der Waals surface area (Å²) in [5.74, 6) is -0.625. The molecule has 0 bridgehead atoms. The Balaban J connectivity index is 1.61. The first-order chi connectivity index (χ1) is 13.8. The molecule has 1 aliphatic rings. The first-order valence-corrected chi connectivity index (χ1v) is 9.77. The van der Waals surface area contributed by atoms with Gasteiger partial charge in [-0.3, -0.25) is 14.5 Å². The minimum absolute atomic E-state index is 0.256. The van der Waals surface area contributed by atoms with E-state index in [0.717, 1.165) is 21.6 Å². The van der Waals surface area contributed by atoms with Crippen LogP contribution in [0.15, 0.2) is 54.6 Å². The first kappa shape index (κ1) is 20.6. The lowest BCUT2D eigenvalue weighted by atomic mass is 9.93. The highest BCUT2D eigenvalue weighted by atomic mass is 16.2. The Morgan fingerprint density at radius 3 is 2.41 bits per heavy atom. The van der Waals surface area contributed by atoms with Crippen LogP contribution in [0.25, 0.3) is 0 Å². The fourth-order valence-corrected chi connectivity index (χ4v) is 3.49. The van der Waals surface area contributed by atoms with Gasteiger partial charge in [-0.05, 0) is 43.4 Å². The Hall–Kier alpha value is -3.15. The van der Waals surface area contributed by atoms with Crippen LogP contribution in [0.4, 0.5) is 4.79 Å². The maximum Gasteiger partial charge on any atom is 0.325 e. The average Bonchev–Trinajstić information content (AvgIpc) is 2.92. The lowest BCUT2D eigenvalue weighted by molar-refractivity contribution is -0.138. The zero-order valence-electron chi connectivity index (χ0n) is 17.1. The monoisotopic (exact) mass is 393 g/mol. The van der Waals surface area contributed by atoms with Crippen molar-refractivity contribution in [2.45, 2.75) is 38.8 Å². The molecule has 1 saturated heterocycles. The van der Waals surface area contributed by atoms with Gasteiger partial charge in [-0.25, -0.2) is 4.79 Å². The van der Waals surface area contributed by atoms with Crippen LogP contribution >= 0.6 is 0 Å². The fraction of sp³-hybridized carbons (Fsp3) is 0.348. The molecule has 1 N–H and O–H groups in total. The molecule has 152 valence electrons. The standard InChI is InChI=1S/C23H27N3O3/c1-17-9-7-8-12-19(17)15-25(3)20(27)16-26-21(28)23(2,24-22(26)29)14-13-18-10-5-4-6-11-18/h4-12H,13-16H2,1-3H3,(H,24,29)/t23-/m1/s1. The third kappa shape index (κ3) is 4.65. The molecule has 1 atom stereocenters. The van der Waals surface area contributed by atoms with Crippen molar-refractivity contribution in [3.05, 3.63) is 71.3 Å². The molecule has 2 aromatic carbocycles. The van der Waals surface area contributed by atoms with E-state index in [0.29, 0.717) is 19.4 Å². The summed E-state index contributed by atoms with van der Waals surface area (Å²) in [6.07, 6.45) is 1.14. The summed E-state index contributed by atoms with van der Waals surface area (Å²) in [5, 5.41) is 2.77. The molecule has 0 unspecified atom stereocenters. The predicted octanol–water partition coefficient (Wildman–Crippen LogP) is 2.90. The van der Waals surface area contributed by atoms with Crippen molar-refractivity contribution in [3.8, 4) is 0 Å². The highest BCUT2D eigenvalue weighted by Crippen LogP contribution is 2.23. The minimum Gasteiger partial charge on any atom is -0.340 e. The second kappa shape index (κ2) is 8.47. The van der Waals surface area contributed by atoms with Gasteiger partial charge < -0.3 is 10.2 Å². The van der Waals surface area contributed by atoms with Crippen molar-refractivity contribution in [1.82, 2.24) is 15.1 Å². The van der Waals surface area contributed by atoms with E-state index in [1.807, 2.05) is 61.5 Å². The van der Waals surface area contributed by atoms with Gasteiger partial charge in [0.25, 0.3) is 5.91 Å². The number of rotatable bonds is 7. The van der Waals surface area contributed by atoms with E-state index < -0.39 is 11.6 Å². The fourth-order valence-electron chi connectivity index (χ4n) is 3.49. The number of urea groups is 1. The van der Waals surface area contributed by atoms with Crippen molar-refractivity contribution < 1.29 is 14.4 Å². The Bertz CT molecular complexity index is 913. The molecular formula is C23H27N3O3. The van der Waals surface area contributed by atoms with Crippen molar-refractivity contribution in [2.75, 3.05) is 13.6 Å². The molecule has 3 rings (SSSR count). The lowest BCUT2D eigenvalue weighted by Gasteiger charge is -2.23. The Morgan fingerprint density at radius 2 is 1.72 bits per heavy atom. The number of nitrogens with zero attached hydrogens (tertiary/aromatic N) is 2. The molecule has 1 heterocycles. The number of benzene rings is 2. The second-order valence-corrected chi connectivity index (χ2v) is 7.82. The second-order valence-electron chi connectivity index (χ2n) is 7.82. The predicted molar refractivity (Wildman–Crippen MR) is 111 cm³/mol. The zero-order chi connectivity index (χ0) is 21.0. The van der Waals surface area contributed by atoms with Crippen molar-refractivity contribution >= 4 is 17.8 Å². The number of amides is 4. The van der Waals surface area contributed by atoms with Gasteiger partial charge in [-0.15, -0.1) is 0 Å². The van der Waals surface area contributed by atoms with Crippen LogP contribution in [-0.4, -0.2) is 46.8 Å². The van der Waals surface area contributed by atoms with Crippen LogP contribution in [0.2, 0.25) is 0 Å². The molecule has 6 nitrogen and oxygen atoms in total. The Morgan fingerprint density at radius 1 is 1.07 bits per heavy atom. The molecule has 29 heavy (non-hydrogen) atoms. The summed E-state index contributed by atoms with van der Waals surface area (Å²) in [6.45, 7) is 3.88. The van der Waals surface area contributed by atoms with Crippen LogP contribution in [-0.2, 0) is 22.6 Å². The molecule has 2 aromatic rings. The maximum atomic E-state index is 12.9. The number of hydrogen-bond acceptors (Lipinski definition) is 3. The van der Waals surface area contributed by atoms with Crippen molar-refractivity contribution in [3.63, 3.8) is 0 Å². The van der Waals surface area contributed by atoms with Gasteiger partial charge in [0, 0.05) is 13.6 Å². The first-order valence-electron chi connectivity index (χ1n) is 9.77. The van der Waals surface area contributed by atoms with E-state index >= 15 is 0 Å². The number of aryl methyl sites for hydroxylation is 2. The largest absolute Gasteiger partial charge is 0.340 e. The average molecular weight is 393 g/mol. The number of carbonyl (C=O) groups is 3. The van der Waals surface area contributed by atoms with E-state index in [9.17, 15) is 14.4 Å². The molecule has 1 fully saturated rings. The number of likely N-dealkylation sites (N-methyl/N-ethyl adjacent to an activating group) is 1. The van der Waals surface area contributed by atoms with Crippen molar-refractivity contribution in [2.24, 2.45) is 0 Å². The molecule has 1 aliphatic heterocycles. The van der Waals surface area contributed by atoms with Crippen LogP contribution in [0, 0.1) is 6.92 Å². The number of carbonyl (C=O) groups excluding carboxylic acids is 3. The third-order valence-corrected chi connectivity index (χ3v) is 5.49.